The number of ether oxygens (including phenoxy) is 1. The van der Waals surface area contributed by atoms with Gasteiger partial charge in [-0.25, -0.2) is 4.98 Å². The molecular weight excluding hydrogens is 428 g/mol. The Hall–Kier alpha value is -3.65. The van der Waals surface area contributed by atoms with Gasteiger partial charge < -0.3 is 14.9 Å². The number of amides is 1. The number of anilines is 1. The lowest BCUT2D eigenvalue weighted by atomic mass is 9.95. The summed E-state index contributed by atoms with van der Waals surface area (Å²) in [4.78, 5) is 32.9. The summed E-state index contributed by atoms with van der Waals surface area (Å²) in [6.45, 7) is 6.10. The van der Waals surface area contributed by atoms with Gasteiger partial charge in [0.15, 0.2) is 5.13 Å². The summed E-state index contributed by atoms with van der Waals surface area (Å²) in [7, 11) is 0. The van der Waals surface area contributed by atoms with E-state index in [0.717, 1.165) is 10.6 Å². The van der Waals surface area contributed by atoms with Gasteiger partial charge in [-0.2, -0.15) is 0 Å². The largest absolute Gasteiger partial charge is 0.508 e. The molecule has 3 aromatic rings. The lowest BCUT2D eigenvalue weighted by Crippen LogP contribution is -2.29. The molecule has 1 aliphatic heterocycles. The third kappa shape index (κ3) is 3.73. The van der Waals surface area contributed by atoms with Crippen molar-refractivity contribution in [3.63, 3.8) is 0 Å². The molecule has 0 aliphatic carbocycles. The van der Waals surface area contributed by atoms with Gasteiger partial charge in [-0.05, 0) is 62.7 Å². The number of carbonyl (C=O) groups excluding carboxylic acids is 2. The molecule has 2 N–H and O–H groups in total. The Kier molecular flexibility index (Phi) is 5.71. The van der Waals surface area contributed by atoms with Gasteiger partial charge in [-0.15, -0.1) is 11.3 Å². The summed E-state index contributed by atoms with van der Waals surface area (Å²) < 4.78 is 5.44. The molecule has 164 valence electrons. The summed E-state index contributed by atoms with van der Waals surface area (Å²) in [6, 6.07) is 12.0. The van der Waals surface area contributed by atoms with E-state index in [-0.39, 0.29) is 17.1 Å². The smallest absolute Gasteiger partial charge is 0.301 e. The van der Waals surface area contributed by atoms with Crippen molar-refractivity contribution in [1.29, 1.82) is 0 Å². The first-order valence-electron chi connectivity index (χ1n) is 10.1. The number of thiazole rings is 1. The molecule has 1 saturated heterocycles. The van der Waals surface area contributed by atoms with Crippen LogP contribution in [-0.2, 0) is 9.59 Å². The van der Waals surface area contributed by atoms with Crippen molar-refractivity contribution < 1.29 is 24.5 Å². The van der Waals surface area contributed by atoms with Gasteiger partial charge in [0.05, 0.1) is 23.9 Å². The maximum absolute atomic E-state index is 13.1. The zero-order valence-corrected chi connectivity index (χ0v) is 18.6. The molecule has 7 nitrogen and oxygen atoms in total. The van der Waals surface area contributed by atoms with Crippen molar-refractivity contribution in [2.45, 2.75) is 26.8 Å². The van der Waals surface area contributed by atoms with Crippen molar-refractivity contribution in [3.8, 4) is 11.5 Å². The second kappa shape index (κ2) is 8.47. The van der Waals surface area contributed by atoms with Crippen molar-refractivity contribution in [2.75, 3.05) is 11.5 Å². The molecule has 1 fully saturated rings. The Morgan fingerprint density at radius 3 is 2.31 bits per heavy atom. The number of ketones is 1. The number of hydrogen-bond acceptors (Lipinski definition) is 7. The predicted molar refractivity (Wildman–Crippen MR) is 122 cm³/mol. The number of phenolic OH excluding ortho intramolecular Hbond substituents is 1. The van der Waals surface area contributed by atoms with Crippen LogP contribution in [0.4, 0.5) is 5.13 Å². The fourth-order valence-corrected chi connectivity index (χ4v) is 4.53. The highest BCUT2D eigenvalue weighted by Gasteiger charge is 2.48. The number of nitrogens with zero attached hydrogens (tertiary/aromatic N) is 2. The summed E-state index contributed by atoms with van der Waals surface area (Å²) in [5, 5.41) is 21.2. The first kappa shape index (κ1) is 21.6. The Bertz CT molecular complexity index is 1190. The quantitative estimate of drug-likeness (QED) is 0.338. The number of aromatic hydroxyl groups is 1. The summed E-state index contributed by atoms with van der Waals surface area (Å²) in [5.74, 6) is -1.15. The van der Waals surface area contributed by atoms with Crippen molar-refractivity contribution >= 4 is 33.9 Å². The molecule has 2 aromatic carbocycles. The minimum atomic E-state index is -0.882. The minimum Gasteiger partial charge on any atom is -0.508 e. The van der Waals surface area contributed by atoms with E-state index in [4.69, 9.17) is 4.74 Å². The van der Waals surface area contributed by atoms with E-state index in [1.54, 1.807) is 36.4 Å². The molecular formula is C24H22N2O5S. The Morgan fingerprint density at radius 2 is 1.75 bits per heavy atom. The van der Waals surface area contributed by atoms with Crippen LogP contribution in [-0.4, -0.2) is 33.5 Å². The fraction of sp³-hybridized carbons (Fsp3) is 0.208. The van der Waals surface area contributed by atoms with Crippen LogP contribution in [0.25, 0.3) is 5.76 Å². The molecule has 1 aromatic heterocycles. The van der Waals surface area contributed by atoms with Crippen LogP contribution < -0.4 is 9.64 Å². The number of rotatable bonds is 5. The van der Waals surface area contributed by atoms with Crippen LogP contribution in [0.3, 0.4) is 0 Å². The number of carbonyl (C=O) groups is 2. The molecule has 0 radical (unpaired) electrons. The first-order valence-corrected chi connectivity index (χ1v) is 10.9. The van der Waals surface area contributed by atoms with Gasteiger partial charge in [0.1, 0.15) is 17.3 Å². The highest BCUT2D eigenvalue weighted by molar-refractivity contribution is 7.16. The Morgan fingerprint density at radius 1 is 1.09 bits per heavy atom. The molecule has 2 heterocycles. The summed E-state index contributed by atoms with van der Waals surface area (Å²) in [5.41, 5.74) is 1.69. The van der Waals surface area contributed by atoms with Gasteiger partial charge in [-0.1, -0.05) is 12.1 Å². The highest BCUT2D eigenvalue weighted by Crippen LogP contribution is 2.44. The molecule has 1 atom stereocenters. The van der Waals surface area contributed by atoms with Crippen molar-refractivity contribution in [2.24, 2.45) is 0 Å². The number of benzene rings is 2. The number of aliphatic hydroxyl groups is 1. The zero-order chi connectivity index (χ0) is 23.0. The monoisotopic (exact) mass is 450 g/mol. The molecule has 4 rings (SSSR count). The van der Waals surface area contributed by atoms with E-state index in [1.165, 1.54) is 28.4 Å². The third-order valence-electron chi connectivity index (χ3n) is 5.32. The van der Waals surface area contributed by atoms with Gasteiger partial charge in [0.25, 0.3) is 5.78 Å². The number of aromatic nitrogens is 1. The zero-order valence-electron chi connectivity index (χ0n) is 17.8. The molecule has 0 spiro atoms. The van der Waals surface area contributed by atoms with Gasteiger partial charge in [-0.3, -0.25) is 14.5 Å². The minimum absolute atomic E-state index is 0.0321. The second-order valence-electron chi connectivity index (χ2n) is 7.36. The van der Waals surface area contributed by atoms with Crippen molar-refractivity contribution in [1.82, 2.24) is 4.98 Å². The molecule has 32 heavy (non-hydrogen) atoms. The first-order chi connectivity index (χ1) is 15.3. The lowest BCUT2D eigenvalue weighted by Gasteiger charge is -2.23. The van der Waals surface area contributed by atoms with Crippen LogP contribution in [0.15, 0.2) is 54.1 Å². The average molecular weight is 451 g/mol. The van der Waals surface area contributed by atoms with Crippen LogP contribution in [0, 0.1) is 13.8 Å². The average Bonchev–Trinajstić information content (AvgIpc) is 3.24. The van der Waals surface area contributed by atoms with E-state index in [0.29, 0.717) is 28.6 Å². The summed E-state index contributed by atoms with van der Waals surface area (Å²) >= 11 is 1.31. The number of aliphatic hydroxyl groups excluding tert-OH is 1. The Labute approximate surface area is 189 Å². The number of Topliss-reactive ketones (excluding diaryl/α,β-unsaturated/α-hetero) is 1. The maximum atomic E-state index is 13.1. The van der Waals surface area contributed by atoms with Gasteiger partial charge >= 0.3 is 5.91 Å². The number of aryl methyl sites for hydroxylation is 2. The van der Waals surface area contributed by atoms with Crippen LogP contribution in [0.1, 0.15) is 34.7 Å². The SMILES string of the molecule is CCOc1ccc(C(O)=C2C(=O)C(=O)N(c3nc(C)c(C)s3)[C@H]2c2ccc(O)cc2)cc1. The van der Waals surface area contributed by atoms with Crippen LogP contribution >= 0.6 is 11.3 Å². The topological polar surface area (TPSA) is 100.0 Å². The van der Waals surface area contributed by atoms with Gasteiger partial charge in [0.2, 0.25) is 0 Å². The normalized spacial score (nSPS) is 17.7. The van der Waals surface area contributed by atoms with Gasteiger partial charge in [0, 0.05) is 10.4 Å². The summed E-state index contributed by atoms with van der Waals surface area (Å²) in [6.07, 6.45) is 0. The van der Waals surface area contributed by atoms with E-state index in [2.05, 4.69) is 4.98 Å². The molecule has 0 saturated carbocycles. The van der Waals surface area contributed by atoms with E-state index in [9.17, 15) is 19.8 Å². The molecule has 0 unspecified atom stereocenters. The lowest BCUT2D eigenvalue weighted by molar-refractivity contribution is -0.132. The van der Waals surface area contributed by atoms with E-state index in [1.807, 2.05) is 20.8 Å². The highest BCUT2D eigenvalue weighted by atomic mass is 32.1. The number of hydrogen-bond donors (Lipinski definition) is 2. The van der Waals surface area contributed by atoms with E-state index < -0.39 is 17.7 Å². The third-order valence-corrected chi connectivity index (χ3v) is 6.39. The fourth-order valence-electron chi connectivity index (χ4n) is 3.59. The molecule has 1 amide bonds. The Balaban J connectivity index is 1.89. The molecule has 0 bridgehead atoms. The number of phenols is 1. The second-order valence-corrected chi connectivity index (χ2v) is 8.54. The standard InChI is InChI=1S/C24H22N2O5S/c1-4-31-18-11-7-16(8-12-18)21(28)19-20(15-5-9-17(27)10-6-15)26(23(30)22(19)29)24-25-13(2)14(3)32-24/h5-12,20,27-28H,4H2,1-3H3/t20-/m0/s1. The van der Waals surface area contributed by atoms with Crippen LogP contribution in [0.5, 0.6) is 11.5 Å². The van der Waals surface area contributed by atoms with Crippen LogP contribution in [0.2, 0.25) is 0 Å². The maximum Gasteiger partial charge on any atom is 0.301 e. The molecule has 1 aliphatic rings. The van der Waals surface area contributed by atoms with E-state index >= 15 is 0 Å². The van der Waals surface area contributed by atoms with Crippen molar-refractivity contribution in [3.05, 3.63) is 75.8 Å². The molecule has 8 heteroatoms. The predicted octanol–water partition coefficient (Wildman–Crippen LogP) is 4.49.